The van der Waals surface area contributed by atoms with Crippen molar-refractivity contribution < 1.29 is 0 Å². The van der Waals surface area contributed by atoms with Gasteiger partial charge in [-0.15, -0.1) is 0 Å². The molecule has 0 aromatic heterocycles. The first-order valence-electron chi connectivity index (χ1n) is 5.37. The summed E-state index contributed by atoms with van der Waals surface area (Å²) in [6.07, 6.45) is 2.45. The number of rotatable bonds is 3. The topological polar surface area (TPSA) is 0 Å². The quantitative estimate of drug-likeness (QED) is 0.574. The number of halogens is 1. The van der Waals surface area contributed by atoms with Gasteiger partial charge in [0.2, 0.25) is 0 Å². The molecule has 0 N–H and O–H groups in total. The molecule has 15 heavy (non-hydrogen) atoms. The van der Waals surface area contributed by atoms with Crippen LogP contribution in [-0.2, 0) is 6.42 Å². The second-order valence-electron chi connectivity index (χ2n) is 4.00. The first-order valence-corrected chi connectivity index (χ1v) is 6.62. The molecule has 2 aromatic carbocycles. The number of fused-ring (bicyclic) bond motifs is 1. The summed E-state index contributed by atoms with van der Waals surface area (Å²) in [5.41, 5.74) is 1.46. The fourth-order valence-electron chi connectivity index (χ4n) is 1.76. The van der Waals surface area contributed by atoms with Crippen LogP contribution in [0.3, 0.4) is 0 Å². The van der Waals surface area contributed by atoms with Gasteiger partial charge in [-0.2, -0.15) is 0 Å². The summed E-state index contributed by atoms with van der Waals surface area (Å²) in [5.74, 6) is 0. The van der Waals surface area contributed by atoms with Crippen molar-refractivity contribution in [2.24, 2.45) is 0 Å². The molecule has 0 heterocycles. The van der Waals surface area contributed by atoms with Crippen LogP contribution >= 0.6 is 22.6 Å². The SMILES string of the molecule is CC(I)CCc1ccc2ccccc2c1. The van der Waals surface area contributed by atoms with E-state index in [1.807, 2.05) is 0 Å². The number of hydrogen-bond acceptors (Lipinski definition) is 0. The number of hydrogen-bond donors (Lipinski definition) is 0. The molecule has 2 aromatic rings. The highest BCUT2D eigenvalue weighted by Crippen LogP contribution is 2.18. The van der Waals surface area contributed by atoms with Gasteiger partial charge in [0.05, 0.1) is 0 Å². The predicted molar refractivity (Wildman–Crippen MR) is 75.8 cm³/mol. The molecule has 2 rings (SSSR count). The lowest BCUT2D eigenvalue weighted by atomic mass is 10.0. The van der Waals surface area contributed by atoms with Crippen molar-refractivity contribution in [3.8, 4) is 0 Å². The van der Waals surface area contributed by atoms with E-state index < -0.39 is 0 Å². The van der Waals surface area contributed by atoms with Crippen molar-refractivity contribution in [2.45, 2.75) is 23.7 Å². The largest absolute Gasteiger partial charge is 0.0829 e. The van der Waals surface area contributed by atoms with Crippen LogP contribution < -0.4 is 0 Å². The molecule has 0 aliphatic rings. The van der Waals surface area contributed by atoms with Gasteiger partial charge in [-0.3, -0.25) is 0 Å². The highest BCUT2D eigenvalue weighted by atomic mass is 127. The Morgan fingerprint density at radius 1 is 1.07 bits per heavy atom. The maximum atomic E-state index is 2.49. The zero-order valence-corrected chi connectivity index (χ0v) is 11.1. The van der Waals surface area contributed by atoms with Crippen LogP contribution in [0.4, 0.5) is 0 Å². The molecule has 1 unspecified atom stereocenters. The Morgan fingerprint density at radius 3 is 2.53 bits per heavy atom. The molecule has 0 saturated carbocycles. The van der Waals surface area contributed by atoms with Crippen LogP contribution in [0.2, 0.25) is 0 Å². The lowest BCUT2D eigenvalue weighted by Gasteiger charge is -2.05. The van der Waals surface area contributed by atoms with Crippen molar-refractivity contribution in [3.63, 3.8) is 0 Å². The first kappa shape index (κ1) is 10.9. The second kappa shape index (κ2) is 4.97. The van der Waals surface area contributed by atoms with Gasteiger partial charge in [0, 0.05) is 3.92 Å². The third-order valence-corrected chi connectivity index (χ3v) is 3.27. The van der Waals surface area contributed by atoms with E-state index in [1.165, 1.54) is 29.2 Å². The molecule has 1 heteroatoms. The molecule has 0 saturated heterocycles. The van der Waals surface area contributed by atoms with Gasteiger partial charge >= 0.3 is 0 Å². The van der Waals surface area contributed by atoms with Gasteiger partial charge in [0.25, 0.3) is 0 Å². The maximum absolute atomic E-state index is 2.49. The lowest BCUT2D eigenvalue weighted by Crippen LogP contribution is -1.93. The zero-order valence-electron chi connectivity index (χ0n) is 8.91. The Labute approximate surface area is 105 Å². The Hall–Kier alpha value is -0.570. The van der Waals surface area contributed by atoms with Crippen LogP contribution in [0.15, 0.2) is 42.5 Å². The number of benzene rings is 2. The van der Waals surface area contributed by atoms with Crippen LogP contribution in [0, 0.1) is 0 Å². The van der Waals surface area contributed by atoms with Gasteiger partial charge in [-0.25, -0.2) is 0 Å². The van der Waals surface area contributed by atoms with Crippen LogP contribution in [0.5, 0.6) is 0 Å². The molecule has 0 radical (unpaired) electrons. The van der Waals surface area contributed by atoms with Crippen LogP contribution in [0.25, 0.3) is 10.8 Å². The van der Waals surface area contributed by atoms with Crippen LogP contribution in [0.1, 0.15) is 18.9 Å². The van der Waals surface area contributed by atoms with E-state index in [9.17, 15) is 0 Å². The summed E-state index contributed by atoms with van der Waals surface area (Å²) in [6, 6.07) is 15.3. The molecule has 0 fully saturated rings. The van der Waals surface area contributed by atoms with Gasteiger partial charge in [0.15, 0.2) is 0 Å². The van der Waals surface area contributed by atoms with E-state index in [-0.39, 0.29) is 0 Å². The average Bonchev–Trinajstić information content (AvgIpc) is 2.26. The smallest absolute Gasteiger partial charge is 0.00844 e. The zero-order chi connectivity index (χ0) is 10.7. The van der Waals surface area contributed by atoms with E-state index in [2.05, 4.69) is 72.0 Å². The fourth-order valence-corrected chi connectivity index (χ4v) is 2.07. The fraction of sp³-hybridized carbons (Fsp3) is 0.286. The summed E-state index contributed by atoms with van der Waals surface area (Å²) < 4.78 is 0.758. The first-order chi connectivity index (χ1) is 7.25. The van der Waals surface area contributed by atoms with E-state index in [1.54, 1.807) is 0 Å². The molecule has 0 amide bonds. The molecule has 0 aliphatic carbocycles. The van der Waals surface area contributed by atoms with Gasteiger partial charge in [-0.05, 0) is 29.2 Å². The van der Waals surface area contributed by atoms with E-state index in [0.29, 0.717) is 0 Å². The molecular formula is C14H15I. The van der Waals surface area contributed by atoms with E-state index >= 15 is 0 Å². The minimum absolute atomic E-state index is 0.758. The van der Waals surface area contributed by atoms with Crippen molar-refractivity contribution in [1.29, 1.82) is 0 Å². The van der Waals surface area contributed by atoms with Crippen molar-refractivity contribution in [2.75, 3.05) is 0 Å². The molecule has 0 bridgehead atoms. The Balaban J connectivity index is 2.23. The summed E-state index contributed by atoms with van der Waals surface area (Å²) in [6.45, 7) is 2.27. The predicted octanol–water partition coefficient (Wildman–Crippen LogP) is 4.60. The third-order valence-electron chi connectivity index (χ3n) is 2.64. The molecule has 1 atom stereocenters. The summed E-state index contributed by atoms with van der Waals surface area (Å²) in [5, 5.41) is 2.69. The summed E-state index contributed by atoms with van der Waals surface area (Å²) in [7, 11) is 0. The van der Waals surface area contributed by atoms with Gasteiger partial charge < -0.3 is 0 Å². The summed E-state index contributed by atoms with van der Waals surface area (Å²) >= 11 is 2.49. The molecule has 78 valence electrons. The van der Waals surface area contributed by atoms with Crippen molar-refractivity contribution in [3.05, 3.63) is 48.0 Å². The molecular weight excluding hydrogens is 295 g/mol. The number of aryl methyl sites for hydroxylation is 1. The Bertz CT molecular complexity index is 446. The average molecular weight is 310 g/mol. The third kappa shape index (κ3) is 2.94. The van der Waals surface area contributed by atoms with Crippen molar-refractivity contribution in [1.82, 2.24) is 0 Å². The summed E-state index contributed by atoms with van der Waals surface area (Å²) in [4.78, 5) is 0. The Kier molecular flexibility index (Phi) is 3.62. The second-order valence-corrected chi connectivity index (χ2v) is 6.13. The highest BCUT2D eigenvalue weighted by molar-refractivity contribution is 14.1. The molecule has 0 spiro atoms. The van der Waals surface area contributed by atoms with Gasteiger partial charge in [-0.1, -0.05) is 72.0 Å². The van der Waals surface area contributed by atoms with Crippen molar-refractivity contribution >= 4 is 33.4 Å². The molecule has 0 nitrogen and oxygen atoms in total. The van der Waals surface area contributed by atoms with E-state index in [0.717, 1.165) is 3.92 Å². The Morgan fingerprint density at radius 2 is 1.80 bits per heavy atom. The minimum atomic E-state index is 0.758. The highest BCUT2D eigenvalue weighted by Gasteiger charge is 1.99. The maximum Gasteiger partial charge on any atom is 0.00844 e. The molecule has 0 aliphatic heterocycles. The minimum Gasteiger partial charge on any atom is -0.0829 e. The van der Waals surface area contributed by atoms with E-state index in [4.69, 9.17) is 0 Å². The van der Waals surface area contributed by atoms with Gasteiger partial charge in [0.1, 0.15) is 0 Å². The standard InChI is InChI=1S/C14H15I/c1-11(15)6-7-12-8-9-13-4-2-3-5-14(13)10-12/h2-5,8-11H,6-7H2,1H3. The van der Waals surface area contributed by atoms with Crippen LogP contribution in [-0.4, -0.2) is 3.92 Å². The lowest BCUT2D eigenvalue weighted by molar-refractivity contribution is 0.834. The monoisotopic (exact) mass is 310 g/mol. The normalized spacial score (nSPS) is 12.9. The number of alkyl halides is 1.